The molecule has 1 fully saturated rings. The number of nitro benzene ring substituents is 1. The van der Waals surface area contributed by atoms with Crippen LogP contribution in [0.5, 0.6) is 11.6 Å². The first-order valence-corrected chi connectivity index (χ1v) is 10.5. The SMILES string of the molecule is O=C(c1ccc(Oc2cccc(Br)c2)nc1)N1CCN(c2ccccc2[N+](=O)[O-])CC1. The van der Waals surface area contributed by atoms with Gasteiger partial charge in [0.05, 0.1) is 10.5 Å². The van der Waals surface area contributed by atoms with E-state index in [1.165, 1.54) is 12.3 Å². The number of pyridine rings is 1. The summed E-state index contributed by atoms with van der Waals surface area (Å²) < 4.78 is 6.61. The number of piperazine rings is 1. The van der Waals surface area contributed by atoms with Crippen molar-refractivity contribution in [2.45, 2.75) is 0 Å². The van der Waals surface area contributed by atoms with E-state index in [2.05, 4.69) is 20.9 Å². The fraction of sp³-hybridized carbons (Fsp3) is 0.182. The first kappa shape index (κ1) is 20.8. The Bertz CT molecular complexity index is 1100. The number of nitro groups is 1. The maximum atomic E-state index is 12.8. The third-order valence-electron chi connectivity index (χ3n) is 4.99. The van der Waals surface area contributed by atoms with E-state index in [1.807, 2.05) is 29.2 Å². The topological polar surface area (TPSA) is 88.8 Å². The third kappa shape index (κ3) is 4.83. The number of carbonyl (C=O) groups excluding carboxylic acids is 1. The largest absolute Gasteiger partial charge is 0.439 e. The van der Waals surface area contributed by atoms with E-state index >= 15 is 0 Å². The van der Waals surface area contributed by atoms with E-state index in [9.17, 15) is 14.9 Å². The van der Waals surface area contributed by atoms with E-state index in [-0.39, 0.29) is 16.5 Å². The summed E-state index contributed by atoms with van der Waals surface area (Å²) in [5.74, 6) is 0.923. The molecule has 2 heterocycles. The van der Waals surface area contributed by atoms with Gasteiger partial charge in [0.15, 0.2) is 0 Å². The van der Waals surface area contributed by atoms with E-state index in [1.54, 1.807) is 35.2 Å². The van der Waals surface area contributed by atoms with Crippen molar-refractivity contribution in [2.24, 2.45) is 0 Å². The minimum absolute atomic E-state index is 0.0764. The van der Waals surface area contributed by atoms with Gasteiger partial charge in [-0.05, 0) is 30.3 Å². The molecule has 8 nitrogen and oxygen atoms in total. The van der Waals surface area contributed by atoms with Crippen molar-refractivity contribution >= 4 is 33.2 Å². The van der Waals surface area contributed by atoms with Gasteiger partial charge in [-0.3, -0.25) is 14.9 Å². The second kappa shape index (κ2) is 9.13. The molecule has 4 rings (SSSR count). The van der Waals surface area contributed by atoms with Gasteiger partial charge in [-0.1, -0.05) is 34.1 Å². The molecule has 0 radical (unpaired) electrons. The van der Waals surface area contributed by atoms with Gasteiger partial charge in [-0.2, -0.15) is 0 Å². The van der Waals surface area contributed by atoms with Gasteiger partial charge >= 0.3 is 0 Å². The lowest BCUT2D eigenvalue weighted by molar-refractivity contribution is -0.384. The van der Waals surface area contributed by atoms with Crippen LogP contribution in [0.2, 0.25) is 0 Å². The van der Waals surface area contributed by atoms with Crippen LogP contribution in [0.15, 0.2) is 71.3 Å². The van der Waals surface area contributed by atoms with Crippen molar-refractivity contribution < 1.29 is 14.5 Å². The maximum Gasteiger partial charge on any atom is 0.292 e. The first-order valence-electron chi connectivity index (χ1n) is 9.68. The maximum absolute atomic E-state index is 12.8. The molecule has 1 aliphatic rings. The Morgan fingerprint density at radius 2 is 1.81 bits per heavy atom. The van der Waals surface area contributed by atoms with Crippen molar-refractivity contribution in [3.8, 4) is 11.6 Å². The van der Waals surface area contributed by atoms with Crippen LogP contribution in [0, 0.1) is 10.1 Å². The fourth-order valence-electron chi connectivity index (χ4n) is 3.44. The van der Waals surface area contributed by atoms with Gasteiger partial charge in [0.1, 0.15) is 11.4 Å². The number of para-hydroxylation sites is 2. The molecule has 1 aliphatic heterocycles. The average Bonchev–Trinajstić information content (AvgIpc) is 2.79. The number of nitrogens with zero attached hydrogens (tertiary/aromatic N) is 4. The number of benzene rings is 2. The lowest BCUT2D eigenvalue weighted by Crippen LogP contribution is -2.49. The Morgan fingerprint density at radius 3 is 2.48 bits per heavy atom. The highest BCUT2D eigenvalue weighted by Gasteiger charge is 2.26. The van der Waals surface area contributed by atoms with Crippen LogP contribution < -0.4 is 9.64 Å². The summed E-state index contributed by atoms with van der Waals surface area (Å²) in [6, 6.07) is 17.4. The molecule has 2 aromatic carbocycles. The van der Waals surface area contributed by atoms with Crippen LogP contribution >= 0.6 is 15.9 Å². The summed E-state index contributed by atoms with van der Waals surface area (Å²) in [5, 5.41) is 11.3. The van der Waals surface area contributed by atoms with E-state index in [4.69, 9.17) is 4.74 Å². The number of halogens is 1. The molecule has 1 aromatic heterocycles. The molecule has 0 spiro atoms. The number of anilines is 1. The number of carbonyl (C=O) groups is 1. The third-order valence-corrected chi connectivity index (χ3v) is 5.48. The van der Waals surface area contributed by atoms with Crippen molar-refractivity contribution in [2.75, 3.05) is 31.1 Å². The molecule has 0 N–H and O–H groups in total. The first-order chi connectivity index (χ1) is 15.0. The summed E-state index contributed by atoms with van der Waals surface area (Å²) in [5.41, 5.74) is 1.13. The second-order valence-corrected chi connectivity index (χ2v) is 7.89. The molecular formula is C22H19BrN4O4. The lowest BCUT2D eigenvalue weighted by atomic mass is 10.2. The average molecular weight is 483 g/mol. The molecule has 158 valence electrons. The molecule has 3 aromatic rings. The molecule has 9 heteroatoms. The molecule has 1 saturated heterocycles. The fourth-order valence-corrected chi connectivity index (χ4v) is 3.82. The molecule has 31 heavy (non-hydrogen) atoms. The minimum Gasteiger partial charge on any atom is -0.439 e. The van der Waals surface area contributed by atoms with Gasteiger partial charge in [-0.25, -0.2) is 4.98 Å². The Balaban J connectivity index is 1.38. The second-order valence-electron chi connectivity index (χ2n) is 6.97. The summed E-state index contributed by atoms with van der Waals surface area (Å²) in [6.07, 6.45) is 1.50. The predicted octanol–water partition coefficient (Wildman–Crippen LogP) is 4.51. The predicted molar refractivity (Wildman–Crippen MR) is 120 cm³/mol. The number of rotatable bonds is 5. The van der Waals surface area contributed by atoms with Crippen LogP contribution in [0.1, 0.15) is 10.4 Å². The van der Waals surface area contributed by atoms with Crippen molar-refractivity contribution in [3.63, 3.8) is 0 Å². The molecule has 1 amide bonds. The Morgan fingerprint density at radius 1 is 1.03 bits per heavy atom. The highest BCUT2D eigenvalue weighted by Crippen LogP contribution is 2.28. The van der Waals surface area contributed by atoms with Crippen LogP contribution in [0.4, 0.5) is 11.4 Å². The smallest absolute Gasteiger partial charge is 0.292 e. The normalized spacial score (nSPS) is 13.7. The van der Waals surface area contributed by atoms with E-state index in [0.29, 0.717) is 49.1 Å². The molecular weight excluding hydrogens is 464 g/mol. The zero-order valence-electron chi connectivity index (χ0n) is 16.5. The Hall–Kier alpha value is -3.46. The number of ether oxygens (including phenoxy) is 1. The van der Waals surface area contributed by atoms with Crippen LogP contribution in [0.3, 0.4) is 0 Å². The number of hydrogen-bond acceptors (Lipinski definition) is 6. The molecule has 0 atom stereocenters. The molecule has 0 aliphatic carbocycles. The Kier molecular flexibility index (Phi) is 6.13. The van der Waals surface area contributed by atoms with E-state index < -0.39 is 0 Å². The lowest BCUT2D eigenvalue weighted by Gasteiger charge is -2.35. The van der Waals surface area contributed by atoms with Gasteiger partial charge in [0, 0.05) is 49.0 Å². The Labute approximate surface area is 187 Å². The molecule has 0 saturated carbocycles. The summed E-state index contributed by atoms with van der Waals surface area (Å²) >= 11 is 3.39. The van der Waals surface area contributed by atoms with Crippen LogP contribution in [-0.2, 0) is 0 Å². The number of amides is 1. The molecule has 0 bridgehead atoms. The van der Waals surface area contributed by atoms with Crippen molar-refractivity contribution in [3.05, 3.63) is 87.0 Å². The monoisotopic (exact) mass is 482 g/mol. The molecule has 0 unspecified atom stereocenters. The van der Waals surface area contributed by atoms with Gasteiger partial charge in [0.25, 0.3) is 11.6 Å². The number of aromatic nitrogens is 1. The number of hydrogen-bond donors (Lipinski definition) is 0. The highest BCUT2D eigenvalue weighted by atomic mass is 79.9. The highest BCUT2D eigenvalue weighted by molar-refractivity contribution is 9.10. The minimum atomic E-state index is -0.379. The quantitative estimate of drug-likeness (QED) is 0.392. The van der Waals surface area contributed by atoms with E-state index in [0.717, 1.165) is 4.47 Å². The zero-order valence-corrected chi connectivity index (χ0v) is 18.1. The zero-order chi connectivity index (χ0) is 21.8. The van der Waals surface area contributed by atoms with Crippen LogP contribution in [0.25, 0.3) is 0 Å². The van der Waals surface area contributed by atoms with Gasteiger partial charge < -0.3 is 14.5 Å². The van der Waals surface area contributed by atoms with Crippen molar-refractivity contribution in [1.29, 1.82) is 0 Å². The summed E-state index contributed by atoms with van der Waals surface area (Å²) in [7, 11) is 0. The van der Waals surface area contributed by atoms with Gasteiger partial charge in [-0.15, -0.1) is 0 Å². The summed E-state index contributed by atoms with van der Waals surface area (Å²) in [6.45, 7) is 1.99. The standard InChI is InChI=1S/C22H19BrN4O4/c23-17-4-3-5-18(14-17)31-21-9-8-16(15-24-21)22(28)26-12-10-25(11-13-26)19-6-1-2-7-20(19)27(29)30/h1-9,14-15H,10-13H2. The van der Waals surface area contributed by atoms with Gasteiger partial charge in [0.2, 0.25) is 5.88 Å². The van der Waals surface area contributed by atoms with Crippen molar-refractivity contribution in [1.82, 2.24) is 9.88 Å². The summed E-state index contributed by atoms with van der Waals surface area (Å²) in [4.78, 5) is 31.7. The van der Waals surface area contributed by atoms with Crippen LogP contribution in [-0.4, -0.2) is 46.9 Å².